The Morgan fingerprint density at radius 3 is 2.38 bits per heavy atom. The van der Waals surface area contributed by atoms with E-state index in [-0.39, 0.29) is 24.3 Å². The average molecular weight is 749 g/mol. The van der Waals surface area contributed by atoms with E-state index in [1.54, 1.807) is 0 Å². The second-order valence-electron chi connectivity index (χ2n) is 13.0. The van der Waals surface area contributed by atoms with Crippen molar-refractivity contribution in [2.24, 2.45) is 0 Å². The van der Waals surface area contributed by atoms with Crippen LogP contribution < -0.4 is 10.2 Å². The van der Waals surface area contributed by atoms with E-state index in [9.17, 15) is 36.0 Å². The minimum Gasteiger partial charge on any atom is -0.748 e. The molecule has 50 heavy (non-hydrogen) atoms. The van der Waals surface area contributed by atoms with Crippen LogP contribution in [-0.2, 0) is 45.2 Å². The molecule has 16 heteroatoms. The number of rotatable bonds is 17. The molecule has 2 aromatic carbocycles. The molecule has 0 saturated heterocycles. The normalized spacial score (nSPS) is 19.7. The monoisotopic (exact) mass is 748 g/mol. The lowest BCUT2D eigenvalue weighted by molar-refractivity contribution is -0.777. The van der Waals surface area contributed by atoms with Crippen molar-refractivity contribution in [2.75, 3.05) is 24.2 Å². The molecule has 2 aliphatic heterocycles. The first-order chi connectivity index (χ1) is 23.4. The van der Waals surface area contributed by atoms with Gasteiger partial charge in [0.1, 0.15) is 16.7 Å². The van der Waals surface area contributed by atoms with Crippen molar-refractivity contribution in [1.29, 1.82) is 0 Å². The van der Waals surface area contributed by atoms with Gasteiger partial charge in [-0.05, 0) is 75.6 Å². The van der Waals surface area contributed by atoms with Crippen LogP contribution in [0.15, 0.2) is 82.3 Å². The Hall–Kier alpha value is -3.35. The zero-order valence-corrected chi connectivity index (χ0v) is 30.6. The Kier molecular flexibility index (Phi) is 12.5. The van der Waals surface area contributed by atoms with Crippen molar-refractivity contribution >= 4 is 55.3 Å². The second-order valence-corrected chi connectivity index (χ2v) is 16.6. The van der Waals surface area contributed by atoms with Gasteiger partial charge in [-0.3, -0.25) is 9.83 Å². The zero-order valence-electron chi connectivity index (χ0n) is 28.2. The minimum atomic E-state index is -4.72. The highest BCUT2D eigenvalue weighted by Crippen LogP contribution is 2.51. The Morgan fingerprint density at radius 1 is 0.980 bits per heavy atom. The van der Waals surface area contributed by atoms with E-state index in [2.05, 4.69) is 21.2 Å². The zero-order chi connectivity index (χ0) is 36.9. The van der Waals surface area contributed by atoms with Crippen molar-refractivity contribution in [3.63, 3.8) is 0 Å². The average Bonchev–Trinajstić information content (AvgIpc) is 3.36. The number of likely N-dealkylation sites (N-methyl/N-ethyl adjacent to an activating group) is 1. The Morgan fingerprint density at radius 2 is 1.72 bits per heavy atom. The number of fused-ring (bicyclic) bond motifs is 2. The van der Waals surface area contributed by atoms with Gasteiger partial charge in [0.2, 0.25) is 5.69 Å². The molecule has 0 aliphatic carbocycles. The number of carboxylic acid groups (broad SMARTS) is 1. The molecule has 4 rings (SSSR count). The second kappa shape index (κ2) is 15.9. The summed E-state index contributed by atoms with van der Waals surface area (Å²) in [6, 6.07) is 9.79. The molecular formula is C34H40N2O11S3-2. The highest BCUT2D eigenvalue weighted by atomic mass is 32.2. The maximum absolute atomic E-state index is 11.8. The highest BCUT2D eigenvalue weighted by Gasteiger charge is 2.45. The number of carboxylic acids is 1. The van der Waals surface area contributed by atoms with E-state index in [4.69, 9.17) is 5.11 Å². The van der Waals surface area contributed by atoms with Crippen LogP contribution >= 0.6 is 12.0 Å². The molecule has 0 bridgehead atoms. The van der Waals surface area contributed by atoms with E-state index >= 15 is 0 Å². The van der Waals surface area contributed by atoms with Crippen molar-refractivity contribution < 1.29 is 55.0 Å². The summed E-state index contributed by atoms with van der Waals surface area (Å²) in [6.45, 7) is 6.03. The SMILES string of the molecule is CN1\C(=C/C=C/C=C/C2=[N+](CCCS(=O)(=O)[O-])c3ccc(S(=O)(=O)[O-])cc3C2(C)C)C(C)(CCCCCC(=O)O)c2cc(SOO[O-])ccc21. The van der Waals surface area contributed by atoms with Gasteiger partial charge in [-0.15, -0.1) is 0 Å². The molecule has 0 fully saturated rings. The number of benzene rings is 2. The molecule has 272 valence electrons. The molecule has 0 saturated carbocycles. The predicted octanol–water partition coefficient (Wildman–Crippen LogP) is 4.57. The molecule has 0 radical (unpaired) electrons. The topological polar surface area (TPSA) is 199 Å². The number of aliphatic carboxylic acids is 1. The van der Waals surface area contributed by atoms with Gasteiger partial charge in [0.15, 0.2) is 5.71 Å². The number of hydrogen-bond donors (Lipinski definition) is 1. The summed E-state index contributed by atoms with van der Waals surface area (Å²) >= 11 is 0.807. The molecule has 0 amide bonds. The first-order valence-corrected chi connectivity index (χ1v) is 19.6. The summed E-state index contributed by atoms with van der Waals surface area (Å²) in [5, 5.41) is 23.0. The number of allylic oxidation sites excluding steroid dienone is 6. The molecule has 1 N–H and O–H groups in total. The van der Waals surface area contributed by atoms with E-state index in [0.717, 1.165) is 54.0 Å². The van der Waals surface area contributed by atoms with Gasteiger partial charge >= 0.3 is 5.97 Å². The van der Waals surface area contributed by atoms with Crippen LogP contribution in [0.1, 0.15) is 70.4 Å². The van der Waals surface area contributed by atoms with E-state index in [0.29, 0.717) is 22.6 Å². The van der Waals surface area contributed by atoms with Gasteiger partial charge in [-0.1, -0.05) is 31.1 Å². The largest absolute Gasteiger partial charge is 0.748 e. The van der Waals surface area contributed by atoms with Crippen LogP contribution in [0.5, 0.6) is 0 Å². The summed E-state index contributed by atoms with van der Waals surface area (Å²) in [5.74, 6) is -1.39. The first-order valence-electron chi connectivity index (χ1n) is 15.9. The van der Waals surface area contributed by atoms with Crippen LogP contribution in [0.25, 0.3) is 0 Å². The van der Waals surface area contributed by atoms with Crippen molar-refractivity contribution in [3.05, 3.63) is 83.6 Å². The maximum atomic E-state index is 11.8. The fraction of sp³-hybridized carbons (Fsp3) is 0.412. The summed E-state index contributed by atoms with van der Waals surface area (Å²) < 4.78 is 75.7. The number of anilines is 1. The molecule has 1 atom stereocenters. The fourth-order valence-electron chi connectivity index (χ4n) is 6.79. The maximum Gasteiger partial charge on any atom is 0.303 e. The molecule has 0 spiro atoms. The van der Waals surface area contributed by atoms with E-state index in [1.807, 2.05) is 74.0 Å². The van der Waals surface area contributed by atoms with Gasteiger partial charge in [-0.25, -0.2) is 16.8 Å². The molecule has 0 aromatic heterocycles. The lowest BCUT2D eigenvalue weighted by Crippen LogP contribution is -2.28. The van der Waals surface area contributed by atoms with Gasteiger partial charge in [0, 0.05) is 65.0 Å². The third-order valence-corrected chi connectivity index (χ3v) is 11.4. The molecule has 1 unspecified atom stereocenters. The molecular weight excluding hydrogens is 709 g/mol. The Labute approximate surface area is 297 Å². The van der Waals surface area contributed by atoms with Gasteiger partial charge in [0.05, 0.1) is 32.5 Å². The smallest absolute Gasteiger partial charge is 0.303 e. The van der Waals surface area contributed by atoms with Crippen molar-refractivity contribution in [2.45, 2.75) is 79.9 Å². The molecule has 2 heterocycles. The van der Waals surface area contributed by atoms with Gasteiger partial charge < -0.3 is 24.4 Å². The van der Waals surface area contributed by atoms with Crippen LogP contribution in [0.3, 0.4) is 0 Å². The molecule has 2 aliphatic rings. The van der Waals surface area contributed by atoms with Crippen LogP contribution in [0.2, 0.25) is 0 Å². The number of nitrogens with zero attached hydrogens (tertiary/aromatic N) is 2. The predicted molar refractivity (Wildman–Crippen MR) is 184 cm³/mol. The van der Waals surface area contributed by atoms with Crippen LogP contribution in [-0.4, -0.2) is 66.6 Å². The fourth-order valence-corrected chi connectivity index (χ4v) is 8.17. The summed E-state index contributed by atoms with van der Waals surface area (Å²) in [5.41, 5.74) is 3.67. The minimum absolute atomic E-state index is 0.0419. The molecule has 13 nitrogen and oxygen atoms in total. The summed E-state index contributed by atoms with van der Waals surface area (Å²) in [7, 11) is -7.21. The lowest BCUT2D eigenvalue weighted by atomic mass is 9.77. The first kappa shape index (κ1) is 39.4. The third-order valence-electron chi connectivity index (χ3n) is 9.23. The standard InChI is InChI=1S/C34H42N2O11S3/c1-33(2)26-23-25(50(43,44)45)16-18-29(26)36(20-11-21-49(40,41)42)30(33)12-7-5-8-13-31-34(3,19-10-6-9-14-32(37)38)27-22-24(48-47-46-39)15-17-28(27)35(31)4/h5,7-8,12-13,15-18,22-23H,6,9-11,14,19-21H2,1-4H3,(H3-,37,38,39,40,41,42,43,44,45)/p-2. The van der Waals surface area contributed by atoms with Gasteiger partial charge in [-0.2, -0.15) is 8.91 Å². The number of carbonyl (C=O) groups is 1. The third kappa shape index (κ3) is 9.11. The highest BCUT2D eigenvalue weighted by molar-refractivity contribution is 7.94. The Bertz CT molecular complexity index is 1950. The summed E-state index contributed by atoms with van der Waals surface area (Å²) in [4.78, 5) is 13.4. The molecule has 2 aromatic rings. The van der Waals surface area contributed by atoms with E-state index < -0.39 is 42.8 Å². The Balaban J connectivity index is 1.66. The van der Waals surface area contributed by atoms with Crippen molar-refractivity contribution in [3.8, 4) is 0 Å². The van der Waals surface area contributed by atoms with Crippen LogP contribution in [0, 0.1) is 0 Å². The van der Waals surface area contributed by atoms with Crippen molar-refractivity contribution in [1.82, 2.24) is 0 Å². The number of hydrogen-bond acceptors (Lipinski definition) is 12. The summed E-state index contributed by atoms with van der Waals surface area (Å²) in [6.07, 6.45) is 12.3. The van der Waals surface area contributed by atoms with Crippen LogP contribution in [0.4, 0.5) is 11.4 Å². The number of unbranched alkanes of at least 4 members (excludes halogenated alkanes) is 2. The van der Waals surface area contributed by atoms with Gasteiger partial charge in [0.25, 0.3) is 0 Å². The lowest BCUT2D eigenvalue weighted by Gasteiger charge is -2.29. The quantitative estimate of drug-likeness (QED) is 0.0449. The van der Waals surface area contributed by atoms with E-state index in [1.165, 1.54) is 18.2 Å².